The fourth-order valence-electron chi connectivity index (χ4n) is 6.01. The average Bonchev–Trinajstić information content (AvgIpc) is 3.44. The largest absolute Gasteiger partial charge is 0.507 e. The summed E-state index contributed by atoms with van der Waals surface area (Å²) in [7, 11) is 0. The molecule has 0 radical (unpaired) electrons. The molecule has 4 heteroatoms. The van der Waals surface area contributed by atoms with Crippen molar-refractivity contribution in [1.82, 2.24) is 14.4 Å². The zero-order valence-electron chi connectivity index (χ0n) is 23.9. The second kappa shape index (κ2) is 8.28. The SMILES string of the molecule is CC(C)(C)c1cc(-c2cccc(-c3ccc4c5cccc6c7cccnc7n(c4n3)c65)c2)c(O)c(C(C)(C)C)c1. The Morgan fingerprint density at radius 3 is 2.05 bits per heavy atom. The lowest BCUT2D eigenvalue weighted by Crippen LogP contribution is -2.17. The van der Waals surface area contributed by atoms with Crippen molar-refractivity contribution >= 4 is 38.4 Å². The number of aromatic hydroxyl groups is 1. The molecule has 0 unspecified atom stereocenters. The van der Waals surface area contributed by atoms with Crippen LogP contribution in [-0.4, -0.2) is 19.5 Å². The predicted octanol–water partition coefficient (Wildman–Crippen LogP) is 9.26. The number of aromatic nitrogens is 3. The normalized spacial score (nSPS) is 12.8. The highest BCUT2D eigenvalue weighted by molar-refractivity contribution is 6.22. The van der Waals surface area contributed by atoms with Crippen LogP contribution in [0, 0.1) is 0 Å². The molecule has 0 aliphatic carbocycles. The lowest BCUT2D eigenvalue weighted by Gasteiger charge is -2.27. The number of phenolic OH excluding ortho intramolecular Hbond substituents is 1. The van der Waals surface area contributed by atoms with Gasteiger partial charge in [-0.2, -0.15) is 0 Å². The monoisotopic (exact) mass is 523 g/mol. The maximum absolute atomic E-state index is 11.5. The van der Waals surface area contributed by atoms with Crippen LogP contribution in [0.4, 0.5) is 0 Å². The molecule has 0 saturated carbocycles. The smallest absolute Gasteiger partial charge is 0.147 e. The molecule has 0 amide bonds. The molecule has 0 fully saturated rings. The van der Waals surface area contributed by atoms with Crippen molar-refractivity contribution in [2.24, 2.45) is 0 Å². The Bertz CT molecular complexity index is 2090. The minimum absolute atomic E-state index is 0.0461. The first-order valence-electron chi connectivity index (χ1n) is 13.9. The molecule has 198 valence electrons. The van der Waals surface area contributed by atoms with Gasteiger partial charge in [-0.1, -0.05) is 84.0 Å². The third-order valence-electron chi connectivity index (χ3n) is 8.18. The van der Waals surface area contributed by atoms with Crippen LogP contribution < -0.4 is 0 Å². The first-order chi connectivity index (χ1) is 19.0. The van der Waals surface area contributed by atoms with Crippen molar-refractivity contribution in [2.75, 3.05) is 0 Å². The summed E-state index contributed by atoms with van der Waals surface area (Å²) in [5.41, 5.74) is 8.69. The van der Waals surface area contributed by atoms with Gasteiger partial charge in [0.15, 0.2) is 0 Å². The number of rotatable bonds is 2. The van der Waals surface area contributed by atoms with Gasteiger partial charge in [-0.15, -0.1) is 0 Å². The van der Waals surface area contributed by atoms with Crippen LogP contribution in [0.3, 0.4) is 0 Å². The van der Waals surface area contributed by atoms with E-state index in [1.165, 1.54) is 21.9 Å². The van der Waals surface area contributed by atoms with Gasteiger partial charge < -0.3 is 5.11 Å². The second-order valence-corrected chi connectivity index (χ2v) is 13.0. The van der Waals surface area contributed by atoms with Gasteiger partial charge in [-0.3, -0.25) is 4.40 Å². The summed E-state index contributed by atoms with van der Waals surface area (Å²) in [6.07, 6.45) is 1.85. The number of hydrogen-bond acceptors (Lipinski definition) is 3. The zero-order chi connectivity index (χ0) is 28.0. The lowest BCUT2D eigenvalue weighted by atomic mass is 9.78. The molecular formula is C36H33N3O. The standard InChI is InChI=1S/C36H33N3O/c1-35(2,3)23-19-28(32(40)29(20-23)36(4,5)6)21-10-7-11-22(18-21)30-16-15-27-25-13-8-12-24-26-14-9-17-37-33(26)39(31(24)25)34(27)38-30/h7-20,40H,1-6H3. The first-order valence-corrected chi connectivity index (χ1v) is 13.9. The van der Waals surface area contributed by atoms with Gasteiger partial charge >= 0.3 is 0 Å². The van der Waals surface area contributed by atoms with E-state index in [2.05, 4.69) is 119 Å². The molecule has 4 aromatic heterocycles. The van der Waals surface area contributed by atoms with Crippen LogP contribution in [0.25, 0.3) is 60.7 Å². The van der Waals surface area contributed by atoms with E-state index in [0.717, 1.165) is 50.0 Å². The van der Waals surface area contributed by atoms with Crippen molar-refractivity contribution in [3.05, 3.63) is 96.2 Å². The fourth-order valence-corrected chi connectivity index (χ4v) is 6.01. The fraction of sp³-hybridized carbons (Fsp3) is 0.222. The zero-order valence-corrected chi connectivity index (χ0v) is 23.9. The molecule has 0 aliphatic heterocycles. The minimum atomic E-state index is -0.187. The van der Waals surface area contributed by atoms with E-state index in [-0.39, 0.29) is 10.8 Å². The highest BCUT2D eigenvalue weighted by Gasteiger charge is 2.26. The van der Waals surface area contributed by atoms with E-state index in [1.54, 1.807) is 0 Å². The Morgan fingerprint density at radius 1 is 0.650 bits per heavy atom. The van der Waals surface area contributed by atoms with E-state index >= 15 is 0 Å². The molecule has 0 atom stereocenters. The van der Waals surface area contributed by atoms with Gasteiger partial charge in [0.2, 0.25) is 0 Å². The molecule has 0 saturated heterocycles. The summed E-state index contributed by atoms with van der Waals surface area (Å²) in [4.78, 5) is 9.96. The number of fused-ring (bicyclic) bond motifs is 6. The third kappa shape index (κ3) is 3.59. The summed E-state index contributed by atoms with van der Waals surface area (Å²) in [5, 5.41) is 16.1. The van der Waals surface area contributed by atoms with Crippen LogP contribution in [-0.2, 0) is 10.8 Å². The van der Waals surface area contributed by atoms with Crippen LogP contribution in [0.15, 0.2) is 85.1 Å². The molecule has 40 heavy (non-hydrogen) atoms. The average molecular weight is 524 g/mol. The van der Waals surface area contributed by atoms with Crippen LogP contribution in [0.2, 0.25) is 0 Å². The van der Waals surface area contributed by atoms with Crippen molar-refractivity contribution in [3.8, 4) is 28.1 Å². The molecular weight excluding hydrogens is 490 g/mol. The van der Waals surface area contributed by atoms with Gasteiger partial charge in [-0.05, 0) is 58.4 Å². The minimum Gasteiger partial charge on any atom is -0.507 e. The summed E-state index contributed by atoms with van der Waals surface area (Å²) in [6, 6.07) is 27.5. The number of benzene rings is 3. The van der Waals surface area contributed by atoms with Crippen LogP contribution in [0.1, 0.15) is 52.7 Å². The molecule has 1 N–H and O–H groups in total. The number of pyridine rings is 2. The summed E-state index contributed by atoms with van der Waals surface area (Å²) in [5.74, 6) is 0.349. The van der Waals surface area contributed by atoms with E-state index in [4.69, 9.17) is 9.97 Å². The molecule has 7 aromatic rings. The van der Waals surface area contributed by atoms with Crippen molar-refractivity contribution in [3.63, 3.8) is 0 Å². The van der Waals surface area contributed by atoms with Crippen LogP contribution >= 0.6 is 0 Å². The molecule has 0 bridgehead atoms. The number of nitrogens with zero attached hydrogens (tertiary/aromatic N) is 3. The Labute approximate surface area is 234 Å². The Kier molecular flexibility index (Phi) is 5.09. The Balaban J connectivity index is 1.44. The Morgan fingerprint density at radius 2 is 1.32 bits per heavy atom. The summed E-state index contributed by atoms with van der Waals surface area (Å²) >= 11 is 0. The van der Waals surface area contributed by atoms with E-state index < -0.39 is 0 Å². The van der Waals surface area contributed by atoms with Gasteiger partial charge in [0, 0.05) is 44.4 Å². The first kappa shape index (κ1) is 24.6. The van der Waals surface area contributed by atoms with E-state index in [9.17, 15) is 5.11 Å². The van der Waals surface area contributed by atoms with Gasteiger partial charge in [-0.25, -0.2) is 9.97 Å². The number of hydrogen-bond donors (Lipinski definition) is 1. The number of para-hydroxylation sites is 1. The topological polar surface area (TPSA) is 50.4 Å². The van der Waals surface area contributed by atoms with Gasteiger partial charge in [0.1, 0.15) is 17.0 Å². The van der Waals surface area contributed by atoms with Crippen molar-refractivity contribution in [2.45, 2.75) is 52.4 Å². The summed E-state index contributed by atoms with van der Waals surface area (Å²) < 4.78 is 2.21. The van der Waals surface area contributed by atoms with Crippen molar-refractivity contribution < 1.29 is 5.11 Å². The highest BCUT2D eigenvalue weighted by atomic mass is 16.3. The predicted molar refractivity (Wildman–Crippen MR) is 167 cm³/mol. The molecule has 3 aromatic carbocycles. The summed E-state index contributed by atoms with van der Waals surface area (Å²) in [6.45, 7) is 13.1. The van der Waals surface area contributed by atoms with Gasteiger partial charge in [0.25, 0.3) is 0 Å². The van der Waals surface area contributed by atoms with Gasteiger partial charge in [0.05, 0.1) is 11.2 Å². The number of phenols is 1. The molecule has 7 rings (SSSR count). The third-order valence-corrected chi connectivity index (χ3v) is 8.18. The molecule has 4 nitrogen and oxygen atoms in total. The maximum Gasteiger partial charge on any atom is 0.147 e. The Hall–Kier alpha value is -4.44. The second-order valence-electron chi connectivity index (χ2n) is 13.0. The molecule has 4 heterocycles. The van der Waals surface area contributed by atoms with E-state index in [1.807, 2.05) is 12.3 Å². The van der Waals surface area contributed by atoms with Crippen molar-refractivity contribution in [1.29, 1.82) is 0 Å². The van der Waals surface area contributed by atoms with Crippen LogP contribution in [0.5, 0.6) is 5.75 Å². The van der Waals surface area contributed by atoms with E-state index in [0.29, 0.717) is 5.75 Å². The molecule has 0 aliphatic rings. The highest BCUT2D eigenvalue weighted by Crippen LogP contribution is 2.43. The maximum atomic E-state index is 11.5. The molecule has 0 spiro atoms. The quantitative estimate of drug-likeness (QED) is 0.246. The lowest BCUT2D eigenvalue weighted by molar-refractivity contribution is 0.446.